The molecule has 0 aliphatic rings. The van der Waals surface area contributed by atoms with Crippen LogP contribution in [0.25, 0.3) is 0 Å². The minimum absolute atomic E-state index is 0.0303. The Kier molecular flexibility index (Phi) is 12.1. The fraction of sp³-hybridized carbons (Fsp3) is 0.375. The van der Waals surface area contributed by atoms with Crippen molar-refractivity contribution in [2.45, 2.75) is 77.2 Å². The van der Waals surface area contributed by atoms with Crippen molar-refractivity contribution >= 4 is 17.9 Å². The number of rotatable bonds is 16. The molecule has 0 saturated carbocycles. The summed E-state index contributed by atoms with van der Waals surface area (Å²) in [6.07, 6.45) is 17.3. The van der Waals surface area contributed by atoms with E-state index >= 15 is 0 Å². The Balaban J connectivity index is 1.65. The van der Waals surface area contributed by atoms with Gasteiger partial charge in [0.25, 0.3) is 0 Å². The van der Waals surface area contributed by atoms with E-state index in [1.54, 1.807) is 0 Å². The molecule has 2 nitrogen and oxygen atoms in total. The summed E-state index contributed by atoms with van der Waals surface area (Å²) in [6, 6.07) is 30.1. The van der Waals surface area contributed by atoms with Gasteiger partial charge in [-0.2, -0.15) is 0 Å². The number of unbranched alkanes of at least 4 members (excludes halogenated alkanes) is 8. The molecule has 0 heterocycles. The van der Waals surface area contributed by atoms with Crippen LogP contribution in [0.1, 0.15) is 82.7 Å². The minimum Gasteiger partial charge on any atom is -0.297 e. The molecule has 3 rings (SSSR count). The van der Waals surface area contributed by atoms with Crippen LogP contribution in [0.2, 0.25) is 0 Å². The summed E-state index contributed by atoms with van der Waals surface area (Å²) in [5, 5.41) is 5.30. The Labute approximate surface area is 213 Å². The second-order valence-electron chi connectivity index (χ2n) is 9.34. The van der Waals surface area contributed by atoms with Gasteiger partial charge in [0.15, 0.2) is 0 Å². The molecular formula is C32H42NOP. The van der Waals surface area contributed by atoms with Crippen LogP contribution in [-0.2, 0) is 4.57 Å². The second-order valence-corrected chi connectivity index (χ2v) is 11.9. The van der Waals surface area contributed by atoms with E-state index in [0.29, 0.717) is 0 Å². The van der Waals surface area contributed by atoms with E-state index in [1.165, 1.54) is 51.4 Å². The summed E-state index contributed by atoms with van der Waals surface area (Å²) in [4.78, 5) is 0. The van der Waals surface area contributed by atoms with E-state index < -0.39 is 7.29 Å². The lowest BCUT2D eigenvalue weighted by atomic mass is 10.0. The maximum absolute atomic E-state index is 14.6. The topological polar surface area (TPSA) is 29.1 Å². The molecule has 0 saturated heterocycles. The lowest BCUT2D eigenvalue weighted by Crippen LogP contribution is -2.30. The second kappa shape index (κ2) is 15.6. The van der Waals surface area contributed by atoms with Crippen LogP contribution in [0.3, 0.4) is 0 Å². The summed E-state index contributed by atoms with van der Waals surface area (Å²) < 4.78 is 14.6. The van der Waals surface area contributed by atoms with Crippen LogP contribution in [0, 0.1) is 0 Å². The average Bonchev–Trinajstić information content (AvgIpc) is 2.92. The Morgan fingerprint density at radius 2 is 1.14 bits per heavy atom. The van der Waals surface area contributed by atoms with Gasteiger partial charge in [0.1, 0.15) is 0 Å². The van der Waals surface area contributed by atoms with Gasteiger partial charge in [-0.1, -0.05) is 131 Å². The predicted molar refractivity (Wildman–Crippen MR) is 153 cm³/mol. The molecule has 1 atom stereocenters. The highest BCUT2D eigenvalue weighted by atomic mass is 31.2. The van der Waals surface area contributed by atoms with Crippen LogP contribution < -0.4 is 15.7 Å². The summed E-state index contributed by atoms with van der Waals surface area (Å²) in [6.45, 7) is 2.27. The maximum Gasteiger partial charge on any atom is 0.205 e. The highest BCUT2D eigenvalue weighted by Gasteiger charge is 2.30. The monoisotopic (exact) mass is 487 g/mol. The van der Waals surface area contributed by atoms with Crippen molar-refractivity contribution in [3.63, 3.8) is 0 Å². The molecule has 3 heteroatoms. The Morgan fingerprint density at radius 1 is 0.657 bits per heavy atom. The van der Waals surface area contributed by atoms with Gasteiger partial charge in [-0.05, 0) is 49.1 Å². The lowest BCUT2D eigenvalue weighted by molar-refractivity contribution is 0.561. The van der Waals surface area contributed by atoms with E-state index in [1.807, 2.05) is 66.7 Å². The quantitative estimate of drug-likeness (QED) is 0.124. The first-order valence-electron chi connectivity index (χ1n) is 13.4. The van der Waals surface area contributed by atoms with E-state index in [0.717, 1.165) is 29.0 Å². The van der Waals surface area contributed by atoms with Gasteiger partial charge in [-0.3, -0.25) is 9.65 Å². The number of nitrogens with one attached hydrogen (secondary N) is 1. The fourth-order valence-electron chi connectivity index (χ4n) is 4.49. The van der Waals surface area contributed by atoms with Crippen molar-refractivity contribution in [3.8, 4) is 0 Å². The molecule has 0 bridgehead atoms. The van der Waals surface area contributed by atoms with Crippen LogP contribution in [0.15, 0.2) is 103 Å². The minimum atomic E-state index is -3.01. The summed E-state index contributed by atoms with van der Waals surface area (Å²) >= 11 is 0. The third-order valence-electron chi connectivity index (χ3n) is 6.54. The Bertz CT molecular complexity index is 974. The first kappa shape index (κ1) is 27.2. The van der Waals surface area contributed by atoms with Gasteiger partial charge < -0.3 is 0 Å². The van der Waals surface area contributed by atoms with Crippen molar-refractivity contribution in [3.05, 3.63) is 109 Å². The molecule has 0 unspecified atom stereocenters. The summed E-state index contributed by atoms with van der Waals surface area (Å²) in [7, 11) is -3.01. The zero-order valence-corrected chi connectivity index (χ0v) is 22.2. The first-order chi connectivity index (χ1) is 17.2. The van der Waals surface area contributed by atoms with Crippen LogP contribution >= 0.6 is 7.29 Å². The van der Waals surface area contributed by atoms with Crippen molar-refractivity contribution in [1.82, 2.24) is 5.09 Å². The van der Waals surface area contributed by atoms with Gasteiger partial charge in [0.05, 0.1) is 0 Å². The normalized spacial score (nSPS) is 12.7. The molecule has 1 N–H and O–H groups in total. The number of hydrogen-bond acceptors (Lipinski definition) is 1. The number of hydrogen-bond donors (Lipinski definition) is 1. The molecule has 0 radical (unpaired) electrons. The standard InChI is InChI=1S/C32H42NOP/c1-2-3-4-5-6-7-8-9-10-11-21-28-32(29-22-15-12-16-23-29)33-35(34,30-24-17-13-18-25-30)31-26-19-14-20-27-31/h11-27,32H,2-10,28H2,1H3,(H,33,34)/b21-11+/t32-/m1/s1. The van der Waals surface area contributed by atoms with Gasteiger partial charge in [-0.15, -0.1) is 0 Å². The highest BCUT2D eigenvalue weighted by Crippen LogP contribution is 2.42. The first-order valence-corrected chi connectivity index (χ1v) is 15.1. The molecule has 0 aromatic heterocycles. The third-order valence-corrected chi connectivity index (χ3v) is 9.27. The van der Waals surface area contributed by atoms with Crippen LogP contribution in [0.4, 0.5) is 0 Å². The maximum atomic E-state index is 14.6. The average molecular weight is 488 g/mol. The largest absolute Gasteiger partial charge is 0.297 e. The molecule has 3 aromatic carbocycles. The Hall–Kier alpha value is -2.41. The highest BCUT2D eigenvalue weighted by molar-refractivity contribution is 7.76. The summed E-state index contributed by atoms with van der Waals surface area (Å²) in [5.41, 5.74) is 1.16. The lowest BCUT2D eigenvalue weighted by Gasteiger charge is -2.27. The van der Waals surface area contributed by atoms with Gasteiger partial charge >= 0.3 is 0 Å². The third kappa shape index (κ3) is 8.95. The molecule has 0 fully saturated rings. The predicted octanol–water partition coefficient (Wildman–Crippen LogP) is 8.72. The van der Waals surface area contributed by atoms with Crippen LogP contribution in [-0.4, -0.2) is 0 Å². The number of allylic oxidation sites excluding steroid dienone is 1. The molecule has 0 amide bonds. The van der Waals surface area contributed by atoms with Crippen molar-refractivity contribution in [2.24, 2.45) is 0 Å². The number of benzene rings is 3. The van der Waals surface area contributed by atoms with Gasteiger partial charge in [0, 0.05) is 16.7 Å². The molecule has 35 heavy (non-hydrogen) atoms. The molecule has 0 spiro atoms. The summed E-state index contributed by atoms with van der Waals surface area (Å²) in [5.74, 6) is 0. The molecule has 3 aromatic rings. The van der Waals surface area contributed by atoms with Crippen LogP contribution in [0.5, 0.6) is 0 Å². The van der Waals surface area contributed by atoms with Crippen molar-refractivity contribution in [1.29, 1.82) is 0 Å². The molecular weight excluding hydrogens is 445 g/mol. The zero-order valence-electron chi connectivity index (χ0n) is 21.3. The SMILES string of the molecule is CCCCCCCCCC/C=C/C[C@@H](NP(=O)(c1ccccc1)c1ccccc1)c1ccccc1. The van der Waals surface area contributed by atoms with Gasteiger partial charge in [-0.25, -0.2) is 0 Å². The van der Waals surface area contributed by atoms with Crippen molar-refractivity contribution in [2.75, 3.05) is 0 Å². The van der Waals surface area contributed by atoms with Gasteiger partial charge in [0.2, 0.25) is 7.29 Å². The van der Waals surface area contributed by atoms with E-state index in [4.69, 9.17) is 0 Å². The van der Waals surface area contributed by atoms with E-state index in [2.05, 4.69) is 48.4 Å². The van der Waals surface area contributed by atoms with E-state index in [-0.39, 0.29) is 6.04 Å². The van der Waals surface area contributed by atoms with E-state index in [9.17, 15) is 4.57 Å². The molecule has 186 valence electrons. The smallest absolute Gasteiger partial charge is 0.205 e. The van der Waals surface area contributed by atoms with Crippen molar-refractivity contribution < 1.29 is 4.57 Å². The molecule has 0 aliphatic heterocycles. The fourth-order valence-corrected chi connectivity index (χ4v) is 6.96. The molecule has 0 aliphatic carbocycles. The Morgan fingerprint density at radius 3 is 1.69 bits per heavy atom. The zero-order chi connectivity index (χ0) is 24.6.